The van der Waals surface area contributed by atoms with Crippen LogP contribution < -0.4 is 0 Å². The molecule has 1 aliphatic rings. The molecule has 2 unspecified atom stereocenters. The topological polar surface area (TPSA) is 72.9 Å². The number of hydrogen-bond donors (Lipinski definition) is 0. The number of aryl methyl sites for hydroxylation is 1. The Morgan fingerprint density at radius 3 is 2.00 bits per heavy atom. The van der Waals surface area contributed by atoms with Crippen LogP contribution in [0.2, 0.25) is 0 Å². The van der Waals surface area contributed by atoms with Gasteiger partial charge in [0.05, 0.1) is 4.90 Å². The Morgan fingerprint density at radius 2 is 1.44 bits per heavy atom. The van der Waals surface area contributed by atoms with E-state index in [-0.39, 0.29) is 11.3 Å². The van der Waals surface area contributed by atoms with Crippen LogP contribution in [-0.4, -0.2) is 51.0 Å². The Bertz CT molecular complexity index is 1260. The first-order chi connectivity index (χ1) is 17.3. The number of nitrogens with zero attached hydrogens (tertiary/aromatic N) is 1. The van der Waals surface area contributed by atoms with E-state index < -0.39 is 32.7 Å². The predicted molar refractivity (Wildman–Crippen MR) is 139 cm³/mol. The van der Waals surface area contributed by atoms with Crippen molar-refractivity contribution in [3.05, 3.63) is 102 Å². The van der Waals surface area contributed by atoms with Gasteiger partial charge in [0.15, 0.2) is 20.9 Å². The summed E-state index contributed by atoms with van der Waals surface area (Å²) in [7, 11) is -1.20. The summed E-state index contributed by atoms with van der Waals surface area (Å²) in [5, 5.41) is 0. The summed E-state index contributed by atoms with van der Waals surface area (Å²) in [5.74, 6) is -1.13. The molecule has 1 heterocycles. The van der Waals surface area contributed by atoms with Crippen molar-refractivity contribution in [2.75, 3.05) is 20.8 Å². The van der Waals surface area contributed by atoms with E-state index in [9.17, 15) is 13.2 Å². The maximum absolute atomic E-state index is 14.6. The van der Waals surface area contributed by atoms with Gasteiger partial charge < -0.3 is 14.4 Å². The maximum Gasteiger partial charge on any atom is 0.245 e. The molecule has 2 atom stereocenters. The smallest absolute Gasteiger partial charge is 0.245 e. The first-order valence-corrected chi connectivity index (χ1v) is 13.6. The van der Waals surface area contributed by atoms with Gasteiger partial charge in [0.1, 0.15) is 0 Å². The van der Waals surface area contributed by atoms with Crippen molar-refractivity contribution in [2.24, 2.45) is 5.92 Å². The van der Waals surface area contributed by atoms with Gasteiger partial charge in [-0.15, -0.1) is 0 Å². The third-order valence-corrected chi connectivity index (χ3v) is 9.56. The Labute approximate surface area is 213 Å². The van der Waals surface area contributed by atoms with E-state index in [0.29, 0.717) is 19.5 Å². The average Bonchev–Trinajstić information content (AvgIpc) is 2.89. The molecule has 190 valence electrons. The maximum atomic E-state index is 14.6. The molecule has 7 heteroatoms. The molecule has 0 aromatic heterocycles. The van der Waals surface area contributed by atoms with E-state index in [2.05, 4.69) is 0 Å². The van der Waals surface area contributed by atoms with E-state index in [0.717, 1.165) is 16.7 Å². The molecule has 0 saturated carbocycles. The SMILES string of the molecule is COC(OC)C1CCN(Cc2ccccc2)C(=O)C1(Cc1ccccc1)S(=O)(=O)c1ccc(C)cc1. The third kappa shape index (κ3) is 4.83. The number of hydrogen-bond acceptors (Lipinski definition) is 5. The molecule has 6 nitrogen and oxygen atoms in total. The highest BCUT2D eigenvalue weighted by Gasteiger charge is 2.62. The molecule has 3 aromatic carbocycles. The largest absolute Gasteiger partial charge is 0.356 e. The fourth-order valence-electron chi connectivity index (χ4n) is 5.23. The lowest BCUT2D eigenvalue weighted by Crippen LogP contribution is -2.66. The van der Waals surface area contributed by atoms with Crippen LogP contribution in [0.3, 0.4) is 0 Å². The number of amides is 1. The van der Waals surface area contributed by atoms with E-state index in [1.54, 1.807) is 29.2 Å². The van der Waals surface area contributed by atoms with Crippen molar-refractivity contribution in [3.8, 4) is 0 Å². The van der Waals surface area contributed by atoms with Crippen LogP contribution in [0, 0.1) is 12.8 Å². The lowest BCUT2D eigenvalue weighted by molar-refractivity contribution is -0.170. The number of ether oxygens (including phenoxy) is 2. The molecule has 3 aromatic rings. The lowest BCUT2D eigenvalue weighted by Gasteiger charge is -2.48. The monoisotopic (exact) mass is 507 g/mol. The van der Waals surface area contributed by atoms with Gasteiger partial charge in [-0.25, -0.2) is 8.42 Å². The van der Waals surface area contributed by atoms with Crippen molar-refractivity contribution in [2.45, 2.75) is 42.2 Å². The van der Waals surface area contributed by atoms with E-state index >= 15 is 0 Å². The van der Waals surface area contributed by atoms with Crippen LogP contribution in [-0.2, 0) is 37.1 Å². The van der Waals surface area contributed by atoms with E-state index in [1.165, 1.54) is 14.2 Å². The van der Waals surface area contributed by atoms with Crippen molar-refractivity contribution in [3.63, 3.8) is 0 Å². The second-order valence-electron chi connectivity index (χ2n) is 9.32. The summed E-state index contributed by atoms with van der Waals surface area (Å²) in [4.78, 5) is 16.3. The average molecular weight is 508 g/mol. The highest BCUT2D eigenvalue weighted by Crippen LogP contribution is 2.45. The second-order valence-corrected chi connectivity index (χ2v) is 11.5. The van der Waals surface area contributed by atoms with Gasteiger partial charge >= 0.3 is 0 Å². The summed E-state index contributed by atoms with van der Waals surface area (Å²) in [6.07, 6.45) is -0.429. The van der Waals surface area contributed by atoms with Crippen molar-refractivity contribution >= 4 is 15.7 Å². The molecule has 1 fully saturated rings. The first kappa shape index (κ1) is 26.1. The van der Waals surface area contributed by atoms with Crippen LogP contribution in [0.4, 0.5) is 0 Å². The fraction of sp³-hybridized carbons (Fsp3) is 0.345. The highest BCUT2D eigenvalue weighted by molar-refractivity contribution is 7.93. The molecule has 4 rings (SSSR count). The fourth-order valence-corrected chi connectivity index (χ4v) is 7.49. The molecule has 0 N–H and O–H groups in total. The number of methoxy groups -OCH3 is 2. The molecule has 0 radical (unpaired) electrons. The zero-order valence-corrected chi connectivity index (χ0v) is 21.8. The number of benzene rings is 3. The lowest BCUT2D eigenvalue weighted by atomic mass is 9.79. The third-order valence-electron chi connectivity index (χ3n) is 7.09. The van der Waals surface area contributed by atoms with Crippen LogP contribution in [0.5, 0.6) is 0 Å². The highest BCUT2D eigenvalue weighted by atomic mass is 32.2. The molecule has 1 saturated heterocycles. The number of carbonyl (C=O) groups is 1. The molecular weight excluding hydrogens is 474 g/mol. The summed E-state index contributed by atoms with van der Waals surface area (Å²) >= 11 is 0. The number of piperidine rings is 1. The van der Waals surface area contributed by atoms with Crippen LogP contribution in [0.1, 0.15) is 23.1 Å². The van der Waals surface area contributed by atoms with Gasteiger partial charge in [0, 0.05) is 39.6 Å². The second kappa shape index (κ2) is 10.9. The summed E-state index contributed by atoms with van der Waals surface area (Å²) in [6.45, 7) is 2.64. The number of carbonyl (C=O) groups excluding carboxylic acids is 1. The molecule has 36 heavy (non-hydrogen) atoms. The number of sulfone groups is 1. The van der Waals surface area contributed by atoms with E-state index in [1.807, 2.05) is 67.6 Å². The minimum Gasteiger partial charge on any atom is -0.356 e. The summed E-state index contributed by atoms with van der Waals surface area (Å²) in [5.41, 5.74) is 2.65. The van der Waals surface area contributed by atoms with Gasteiger partial charge in [-0.05, 0) is 36.6 Å². The molecule has 0 aliphatic carbocycles. The zero-order valence-electron chi connectivity index (χ0n) is 21.0. The van der Waals surface area contributed by atoms with Gasteiger partial charge in [0.2, 0.25) is 5.91 Å². The quantitative estimate of drug-likeness (QED) is 0.401. The van der Waals surface area contributed by atoms with E-state index in [4.69, 9.17) is 9.47 Å². The van der Waals surface area contributed by atoms with Crippen LogP contribution >= 0.6 is 0 Å². The minimum absolute atomic E-state index is 0.0159. The van der Waals surface area contributed by atoms with Crippen LogP contribution in [0.15, 0.2) is 89.8 Å². The standard InChI is InChI=1S/C29H33NO5S/c1-22-14-16-25(17-15-22)36(32,33)29(20-23-10-6-4-7-11-23)26(27(34-2)35-3)18-19-30(28(29)31)21-24-12-8-5-9-13-24/h4-17,26-27H,18-21H2,1-3H3. The first-order valence-electron chi connectivity index (χ1n) is 12.1. The Morgan fingerprint density at radius 1 is 0.889 bits per heavy atom. The molecule has 1 aliphatic heterocycles. The molecule has 1 amide bonds. The molecule has 0 spiro atoms. The Balaban J connectivity index is 1.92. The van der Waals surface area contributed by atoms with Gasteiger partial charge in [0.25, 0.3) is 0 Å². The van der Waals surface area contributed by atoms with Gasteiger partial charge in [-0.1, -0.05) is 78.4 Å². The van der Waals surface area contributed by atoms with Crippen molar-refractivity contribution in [1.29, 1.82) is 0 Å². The van der Waals surface area contributed by atoms with Crippen LogP contribution in [0.25, 0.3) is 0 Å². The molecular formula is C29H33NO5S. The van der Waals surface area contributed by atoms with Crippen molar-refractivity contribution < 1.29 is 22.7 Å². The van der Waals surface area contributed by atoms with Crippen molar-refractivity contribution in [1.82, 2.24) is 4.90 Å². The zero-order chi connectivity index (χ0) is 25.8. The summed E-state index contributed by atoms with van der Waals surface area (Å²) in [6, 6.07) is 25.7. The van der Waals surface area contributed by atoms with Gasteiger partial charge in [-0.2, -0.15) is 0 Å². The van der Waals surface area contributed by atoms with Gasteiger partial charge in [-0.3, -0.25) is 4.79 Å². The molecule has 0 bridgehead atoms. The predicted octanol–water partition coefficient (Wildman–Crippen LogP) is 4.42. The minimum atomic E-state index is -4.18. The number of likely N-dealkylation sites (tertiary alicyclic amines) is 1. The Hall–Kier alpha value is -3.00. The normalized spacial score (nSPS) is 20.6. The Kier molecular flexibility index (Phi) is 7.93. The summed E-state index contributed by atoms with van der Waals surface area (Å²) < 4.78 is 38.7. The number of rotatable bonds is 9.